The van der Waals surface area contributed by atoms with Gasteiger partial charge in [0.2, 0.25) is 0 Å². The van der Waals surface area contributed by atoms with E-state index in [1.807, 2.05) is 24.6 Å². The minimum absolute atomic E-state index is 0.00367. The molecule has 5 heteroatoms. The number of nitrogens with zero attached hydrogens (tertiary/aromatic N) is 3. The number of carbonyl (C=O) groups excluding carboxylic acids is 1. The molecule has 0 atom stereocenters. The van der Waals surface area contributed by atoms with Gasteiger partial charge < -0.3 is 5.32 Å². The Morgan fingerprint density at radius 1 is 1.26 bits per heavy atom. The molecule has 1 fully saturated rings. The Hall–Kier alpha value is -1.91. The first-order valence-electron chi connectivity index (χ1n) is 8.45. The number of aromatic nitrogens is 3. The molecule has 1 saturated carbocycles. The Kier molecular flexibility index (Phi) is 3.90. The van der Waals surface area contributed by atoms with Crippen LogP contribution in [0.15, 0.2) is 6.07 Å². The van der Waals surface area contributed by atoms with Gasteiger partial charge in [-0.25, -0.2) is 9.67 Å². The Labute approximate surface area is 137 Å². The van der Waals surface area contributed by atoms with Gasteiger partial charge in [-0.3, -0.25) is 4.79 Å². The lowest BCUT2D eigenvalue weighted by Gasteiger charge is -2.20. The second-order valence-corrected chi connectivity index (χ2v) is 7.63. The van der Waals surface area contributed by atoms with Crippen molar-refractivity contribution in [2.24, 2.45) is 0 Å². The molecular formula is C18H26N4O. The summed E-state index contributed by atoms with van der Waals surface area (Å²) < 4.78 is 1.93. The van der Waals surface area contributed by atoms with Crippen molar-refractivity contribution in [1.82, 2.24) is 20.1 Å². The van der Waals surface area contributed by atoms with Gasteiger partial charge in [-0.05, 0) is 53.5 Å². The van der Waals surface area contributed by atoms with Crippen LogP contribution in [0.25, 0.3) is 11.0 Å². The molecule has 0 aromatic carbocycles. The smallest absolute Gasteiger partial charge is 0.252 e. The van der Waals surface area contributed by atoms with Crippen LogP contribution in [0.2, 0.25) is 0 Å². The molecule has 1 N–H and O–H groups in total. The van der Waals surface area contributed by atoms with E-state index in [0.29, 0.717) is 11.6 Å². The van der Waals surface area contributed by atoms with Gasteiger partial charge in [0.25, 0.3) is 5.91 Å². The summed E-state index contributed by atoms with van der Waals surface area (Å²) in [4.78, 5) is 17.5. The van der Waals surface area contributed by atoms with Gasteiger partial charge >= 0.3 is 0 Å². The molecule has 0 aliphatic heterocycles. The van der Waals surface area contributed by atoms with E-state index >= 15 is 0 Å². The van der Waals surface area contributed by atoms with Crippen molar-refractivity contribution in [3.8, 4) is 0 Å². The van der Waals surface area contributed by atoms with E-state index in [1.54, 1.807) is 0 Å². The predicted octanol–water partition coefficient (Wildman–Crippen LogP) is 3.48. The summed E-state index contributed by atoms with van der Waals surface area (Å²) >= 11 is 0. The fourth-order valence-electron chi connectivity index (χ4n) is 3.39. The van der Waals surface area contributed by atoms with Gasteiger partial charge in [-0.2, -0.15) is 5.10 Å². The van der Waals surface area contributed by atoms with Gasteiger partial charge in [-0.1, -0.05) is 12.8 Å². The van der Waals surface area contributed by atoms with Gasteiger partial charge in [0, 0.05) is 11.7 Å². The van der Waals surface area contributed by atoms with Crippen molar-refractivity contribution in [2.45, 2.75) is 71.9 Å². The second-order valence-electron chi connectivity index (χ2n) is 7.63. The summed E-state index contributed by atoms with van der Waals surface area (Å²) in [5.74, 6) is 0.00367. The highest BCUT2D eigenvalue weighted by Gasteiger charge is 2.25. The molecule has 0 spiro atoms. The number of fused-ring (bicyclic) bond motifs is 1. The van der Waals surface area contributed by atoms with Crippen molar-refractivity contribution in [3.05, 3.63) is 23.0 Å². The summed E-state index contributed by atoms with van der Waals surface area (Å²) in [6.45, 7) is 10.2. The van der Waals surface area contributed by atoms with Crippen molar-refractivity contribution < 1.29 is 4.79 Å². The number of pyridine rings is 1. The lowest BCUT2D eigenvalue weighted by atomic mass is 10.1. The molecule has 124 valence electrons. The third-order valence-corrected chi connectivity index (χ3v) is 4.51. The number of nitrogens with one attached hydrogen (secondary N) is 1. The molecule has 3 rings (SSSR count). The van der Waals surface area contributed by atoms with E-state index in [4.69, 9.17) is 0 Å². The van der Waals surface area contributed by atoms with Crippen molar-refractivity contribution in [3.63, 3.8) is 0 Å². The van der Waals surface area contributed by atoms with Crippen molar-refractivity contribution in [2.75, 3.05) is 0 Å². The minimum Gasteiger partial charge on any atom is -0.349 e. The SMILES string of the molecule is Cc1cc(C(=O)NC2CCCC2)c2c(C)nn(C(C)(C)C)c2n1. The maximum absolute atomic E-state index is 12.8. The first-order valence-corrected chi connectivity index (χ1v) is 8.45. The van der Waals surface area contributed by atoms with Crippen LogP contribution in [0.3, 0.4) is 0 Å². The van der Waals surface area contributed by atoms with E-state index in [0.717, 1.165) is 35.3 Å². The Morgan fingerprint density at radius 2 is 1.91 bits per heavy atom. The highest BCUT2D eigenvalue weighted by molar-refractivity contribution is 6.06. The van der Waals surface area contributed by atoms with Crippen LogP contribution in [-0.4, -0.2) is 26.7 Å². The minimum atomic E-state index is -0.174. The second kappa shape index (κ2) is 5.62. The summed E-state index contributed by atoms with van der Waals surface area (Å²) in [7, 11) is 0. The first-order chi connectivity index (χ1) is 10.8. The molecule has 23 heavy (non-hydrogen) atoms. The monoisotopic (exact) mass is 314 g/mol. The van der Waals surface area contributed by atoms with Crippen LogP contribution in [-0.2, 0) is 5.54 Å². The van der Waals surface area contributed by atoms with Gasteiger partial charge in [0.1, 0.15) is 0 Å². The van der Waals surface area contributed by atoms with E-state index < -0.39 is 0 Å². The largest absolute Gasteiger partial charge is 0.349 e. The maximum atomic E-state index is 12.8. The van der Waals surface area contributed by atoms with Crippen LogP contribution in [0.5, 0.6) is 0 Å². The fraction of sp³-hybridized carbons (Fsp3) is 0.611. The van der Waals surface area contributed by atoms with Crippen LogP contribution in [0.4, 0.5) is 0 Å². The third kappa shape index (κ3) is 2.96. The standard InChI is InChI=1S/C18H26N4O/c1-11-10-14(17(23)20-13-8-6-7-9-13)15-12(2)21-22(16(15)19-11)18(3,4)5/h10,13H,6-9H2,1-5H3,(H,20,23). The molecule has 1 aliphatic rings. The molecule has 2 aromatic heterocycles. The first kappa shape index (κ1) is 16.0. The van der Waals surface area contributed by atoms with Gasteiger partial charge in [0.05, 0.1) is 22.2 Å². The zero-order valence-electron chi connectivity index (χ0n) is 14.7. The predicted molar refractivity (Wildman–Crippen MR) is 91.7 cm³/mol. The van der Waals surface area contributed by atoms with E-state index in [2.05, 4.69) is 36.2 Å². The molecule has 2 heterocycles. The Balaban J connectivity index is 2.09. The fourth-order valence-corrected chi connectivity index (χ4v) is 3.39. The Morgan fingerprint density at radius 3 is 2.52 bits per heavy atom. The lowest BCUT2D eigenvalue weighted by molar-refractivity contribution is 0.0939. The number of hydrogen-bond donors (Lipinski definition) is 1. The summed E-state index contributed by atoms with van der Waals surface area (Å²) in [5, 5.41) is 8.71. The molecule has 0 saturated heterocycles. The molecule has 2 aromatic rings. The molecule has 0 bridgehead atoms. The van der Waals surface area contributed by atoms with E-state index in [1.165, 1.54) is 12.8 Å². The molecule has 0 radical (unpaired) electrons. The molecule has 1 amide bonds. The highest BCUT2D eigenvalue weighted by atomic mass is 16.1. The van der Waals surface area contributed by atoms with Crippen LogP contribution in [0.1, 0.15) is 68.2 Å². The van der Waals surface area contributed by atoms with Crippen LogP contribution in [0, 0.1) is 13.8 Å². The van der Waals surface area contributed by atoms with Crippen LogP contribution < -0.4 is 5.32 Å². The molecular weight excluding hydrogens is 288 g/mol. The number of rotatable bonds is 2. The van der Waals surface area contributed by atoms with Crippen molar-refractivity contribution in [1.29, 1.82) is 0 Å². The average molecular weight is 314 g/mol. The average Bonchev–Trinajstić information content (AvgIpc) is 3.05. The zero-order valence-corrected chi connectivity index (χ0v) is 14.7. The molecule has 0 unspecified atom stereocenters. The topological polar surface area (TPSA) is 59.8 Å². The van der Waals surface area contributed by atoms with Crippen molar-refractivity contribution >= 4 is 16.9 Å². The molecule has 5 nitrogen and oxygen atoms in total. The highest BCUT2D eigenvalue weighted by Crippen LogP contribution is 2.27. The van der Waals surface area contributed by atoms with E-state index in [-0.39, 0.29) is 11.4 Å². The van der Waals surface area contributed by atoms with Crippen LogP contribution >= 0.6 is 0 Å². The summed E-state index contributed by atoms with van der Waals surface area (Å²) in [5.41, 5.74) is 3.03. The Bertz CT molecular complexity index is 748. The van der Waals surface area contributed by atoms with Gasteiger partial charge in [-0.15, -0.1) is 0 Å². The third-order valence-electron chi connectivity index (χ3n) is 4.51. The number of aryl methyl sites for hydroxylation is 2. The lowest BCUT2D eigenvalue weighted by Crippen LogP contribution is -2.32. The number of carbonyl (C=O) groups is 1. The van der Waals surface area contributed by atoms with Gasteiger partial charge in [0.15, 0.2) is 5.65 Å². The molecule has 1 aliphatic carbocycles. The normalized spacial score (nSPS) is 16.2. The maximum Gasteiger partial charge on any atom is 0.252 e. The zero-order chi connectivity index (χ0) is 16.8. The summed E-state index contributed by atoms with van der Waals surface area (Å²) in [6, 6.07) is 2.19. The number of amides is 1. The number of hydrogen-bond acceptors (Lipinski definition) is 3. The quantitative estimate of drug-likeness (QED) is 0.923. The summed E-state index contributed by atoms with van der Waals surface area (Å²) in [6.07, 6.45) is 4.58. The van der Waals surface area contributed by atoms with E-state index in [9.17, 15) is 4.79 Å².